The fraction of sp³-hybridized carbons (Fsp3) is 0.316. The van der Waals surface area contributed by atoms with Gasteiger partial charge in [-0.05, 0) is 48.6 Å². The lowest BCUT2D eigenvalue weighted by Crippen LogP contribution is -2.30. The molecule has 5 nitrogen and oxygen atoms in total. The Morgan fingerprint density at radius 1 is 1.12 bits per heavy atom. The first-order valence-corrected chi connectivity index (χ1v) is 9.35. The number of carbonyl (C=O) groups is 1. The quantitative estimate of drug-likeness (QED) is 0.570. The third kappa shape index (κ3) is 5.05. The van der Waals surface area contributed by atoms with Gasteiger partial charge >= 0.3 is 6.03 Å². The lowest BCUT2D eigenvalue weighted by atomic mass is 10.3. The summed E-state index contributed by atoms with van der Waals surface area (Å²) in [7, 11) is 0. The van der Waals surface area contributed by atoms with E-state index in [0.717, 1.165) is 17.1 Å². The largest absolute Gasteiger partial charge is 0.449 e. The maximum Gasteiger partial charge on any atom is 0.319 e. The van der Waals surface area contributed by atoms with E-state index in [1.807, 2.05) is 13.8 Å². The van der Waals surface area contributed by atoms with Gasteiger partial charge < -0.3 is 20.1 Å². The standard InChI is InChI=1S/C19H21FN2O3S/c1-19(2)24-16-9-6-14(12-17(16)25-19)22-18(23)21-10-3-11-26-15-7-4-13(20)5-8-15/h4-9,12H,3,10-11H2,1-2H3,(H2,21,22,23). The molecule has 0 atom stereocenters. The summed E-state index contributed by atoms with van der Waals surface area (Å²) in [6, 6.07) is 11.4. The molecule has 0 aromatic heterocycles. The number of halogens is 1. The van der Waals surface area contributed by atoms with Gasteiger partial charge in [0.25, 0.3) is 0 Å². The third-order valence-corrected chi connectivity index (χ3v) is 4.70. The van der Waals surface area contributed by atoms with Crippen LogP contribution in [0.25, 0.3) is 0 Å². The molecule has 0 unspecified atom stereocenters. The van der Waals surface area contributed by atoms with Crippen molar-refractivity contribution in [3.8, 4) is 11.5 Å². The summed E-state index contributed by atoms with van der Waals surface area (Å²) in [5, 5.41) is 5.59. The van der Waals surface area contributed by atoms with Crippen molar-refractivity contribution >= 4 is 23.5 Å². The summed E-state index contributed by atoms with van der Waals surface area (Å²) in [6.07, 6.45) is 0.810. The molecule has 0 saturated carbocycles. The van der Waals surface area contributed by atoms with Crippen molar-refractivity contribution in [1.29, 1.82) is 0 Å². The van der Waals surface area contributed by atoms with Gasteiger partial charge in [-0.3, -0.25) is 0 Å². The third-order valence-electron chi connectivity index (χ3n) is 3.60. The van der Waals surface area contributed by atoms with E-state index in [4.69, 9.17) is 9.47 Å². The molecule has 2 aromatic rings. The molecule has 0 saturated heterocycles. The number of urea groups is 1. The highest BCUT2D eigenvalue weighted by molar-refractivity contribution is 7.99. The highest BCUT2D eigenvalue weighted by atomic mass is 32.2. The van der Waals surface area contributed by atoms with Crippen LogP contribution in [0.2, 0.25) is 0 Å². The zero-order valence-corrected chi connectivity index (χ0v) is 15.5. The molecule has 1 heterocycles. The van der Waals surface area contributed by atoms with Crippen molar-refractivity contribution in [1.82, 2.24) is 5.32 Å². The molecule has 0 fully saturated rings. The number of fused-ring (bicyclic) bond motifs is 1. The molecule has 138 valence electrons. The lowest BCUT2D eigenvalue weighted by Gasteiger charge is -2.16. The second-order valence-electron chi connectivity index (χ2n) is 6.30. The van der Waals surface area contributed by atoms with Crippen LogP contribution in [0.5, 0.6) is 11.5 Å². The van der Waals surface area contributed by atoms with E-state index in [-0.39, 0.29) is 11.8 Å². The van der Waals surface area contributed by atoms with Crippen LogP contribution in [0.1, 0.15) is 20.3 Å². The predicted octanol–water partition coefficient (Wildman–Crippen LogP) is 4.64. The van der Waals surface area contributed by atoms with Crippen LogP contribution in [0.4, 0.5) is 14.9 Å². The number of benzene rings is 2. The number of hydrogen-bond donors (Lipinski definition) is 2. The average Bonchev–Trinajstić information content (AvgIpc) is 2.89. The molecule has 0 radical (unpaired) electrons. The topological polar surface area (TPSA) is 59.6 Å². The van der Waals surface area contributed by atoms with Crippen molar-refractivity contribution in [3.05, 3.63) is 48.3 Å². The first-order valence-electron chi connectivity index (χ1n) is 8.37. The van der Waals surface area contributed by atoms with Gasteiger partial charge in [-0.2, -0.15) is 0 Å². The number of ether oxygens (including phenoxy) is 2. The van der Waals surface area contributed by atoms with Crippen molar-refractivity contribution in [2.45, 2.75) is 31.0 Å². The zero-order valence-electron chi connectivity index (χ0n) is 14.7. The van der Waals surface area contributed by atoms with Gasteiger partial charge in [-0.25, -0.2) is 9.18 Å². The van der Waals surface area contributed by atoms with Gasteiger partial charge in [0.15, 0.2) is 11.5 Å². The van der Waals surface area contributed by atoms with Crippen LogP contribution in [0, 0.1) is 5.82 Å². The van der Waals surface area contributed by atoms with Crippen molar-refractivity contribution < 1.29 is 18.7 Å². The summed E-state index contributed by atoms with van der Waals surface area (Å²) >= 11 is 1.63. The maximum absolute atomic E-state index is 12.8. The second-order valence-corrected chi connectivity index (χ2v) is 7.47. The Morgan fingerprint density at radius 2 is 1.85 bits per heavy atom. The predicted molar refractivity (Wildman–Crippen MR) is 101 cm³/mol. The van der Waals surface area contributed by atoms with Gasteiger partial charge in [0.2, 0.25) is 5.79 Å². The first kappa shape index (κ1) is 18.4. The molecule has 2 aromatic carbocycles. The minimum Gasteiger partial charge on any atom is -0.449 e. The minimum absolute atomic E-state index is 0.236. The maximum atomic E-state index is 12.8. The van der Waals surface area contributed by atoms with Crippen molar-refractivity contribution in [3.63, 3.8) is 0 Å². The van der Waals surface area contributed by atoms with Crippen LogP contribution < -0.4 is 20.1 Å². The first-order chi connectivity index (χ1) is 12.4. The van der Waals surface area contributed by atoms with Crippen molar-refractivity contribution in [2.24, 2.45) is 0 Å². The fourth-order valence-electron chi connectivity index (χ4n) is 2.47. The minimum atomic E-state index is -0.689. The molecular formula is C19H21FN2O3S. The van der Waals surface area contributed by atoms with E-state index in [2.05, 4.69) is 10.6 Å². The van der Waals surface area contributed by atoms with Crippen LogP contribution in [0.3, 0.4) is 0 Å². The molecule has 3 rings (SSSR count). The highest BCUT2D eigenvalue weighted by Gasteiger charge is 2.31. The fourth-order valence-corrected chi connectivity index (χ4v) is 3.32. The van der Waals surface area contributed by atoms with Crippen LogP contribution in [-0.2, 0) is 0 Å². The Hall–Kier alpha value is -2.41. The molecule has 2 amide bonds. The van der Waals surface area contributed by atoms with E-state index >= 15 is 0 Å². The number of carbonyl (C=O) groups excluding carboxylic acids is 1. The average molecular weight is 376 g/mol. The number of thioether (sulfide) groups is 1. The molecule has 2 N–H and O–H groups in total. The number of amides is 2. The summed E-state index contributed by atoms with van der Waals surface area (Å²) in [5.74, 6) is 1.19. The highest BCUT2D eigenvalue weighted by Crippen LogP contribution is 2.40. The number of nitrogens with one attached hydrogen (secondary N) is 2. The number of rotatable bonds is 6. The Balaban J connectivity index is 1.38. The smallest absolute Gasteiger partial charge is 0.319 e. The van der Waals surface area contributed by atoms with Gasteiger partial charge in [-0.1, -0.05) is 0 Å². The second kappa shape index (κ2) is 7.86. The van der Waals surface area contributed by atoms with E-state index in [1.54, 1.807) is 42.1 Å². The number of anilines is 1. The Bertz CT molecular complexity index is 781. The molecule has 1 aliphatic rings. The molecule has 0 bridgehead atoms. The SMILES string of the molecule is CC1(C)Oc2ccc(NC(=O)NCCCSc3ccc(F)cc3)cc2O1. The Kier molecular flexibility index (Phi) is 5.56. The van der Waals surface area contributed by atoms with Gasteiger partial charge in [0.1, 0.15) is 5.82 Å². The van der Waals surface area contributed by atoms with E-state index in [1.165, 1.54) is 12.1 Å². The van der Waals surface area contributed by atoms with Crippen LogP contribution in [0.15, 0.2) is 47.4 Å². The van der Waals surface area contributed by atoms with Gasteiger partial charge in [-0.15, -0.1) is 11.8 Å². The van der Waals surface area contributed by atoms with Gasteiger partial charge in [0, 0.05) is 37.0 Å². The summed E-state index contributed by atoms with van der Waals surface area (Å²) in [4.78, 5) is 13.0. The molecule has 0 aliphatic carbocycles. The Morgan fingerprint density at radius 3 is 2.62 bits per heavy atom. The summed E-state index contributed by atoms with van der Waals surface area (Å²) in [6.45, 7) is 4.21. The summed E-state index contributed by atoms with van der Waals surface area (Å²) < 4.78 is 24.1. The Labute approximate surface area is 156 Å². The van der Waals surface area contributed by atoms with Gasteiger partial charge in [0.05, 0.1) is 0 Å². The molecule has 26 heavy (non-hydrogen) atoms. The van der Waals surface area contributed by atoms with Crippen LogP contribution in [-0.4, -0.2) is 24.1 Å². The van der Waals surface area contributed by atoms with Crippen molar-refractivity contribution in [2.75, 3.05) is 17.6 Å². The molecule has 0 spiro atoms. The van der Waals surface area contributed by atoms with Crippen LogP contribution >= 0.6 is 11.8 Å². The normalized spacial score (nSPS) is 14.1. The van der Waals surface area contributed by atoms with E-state index in [9.17, 15) is 9.18 Å². The molecular weight excluding hydrogens is 355 g/mol. The monoisotopic (exact) mass is 376 g/mol. The molecule has 1 aliphatic heterocycles. The van der Waals surface area contributed by atoms with E-state index < -0.39 is 5.79 Å². The summed E-state index contributed by atoms with van der Waals surface area (Å²) in [5.41, 5.74) is 0.642. The lowest BCUT2D eigenvalue weighted by molar-refractivity contribution is -0.0431. The van der Waals surface area contributed by atoms with E-state index in [0.29, 0.717) is 23.7 Å². The zero-order chi connectivity index (χ0) is 18.6. The molecule has 7 heteroatoms. The number of hydrogen-bond acceptors (Lipinski definition) is 4.